The first-order chi connectivity index (χ1) is 14.2. The van der Waals surface area contributed by atoms with Crippen molar-refractivity contribution >= 4 is 23.1 Å². The van der Waals surface area contributed by atoms with Crippen LogP contribution in [0.2, 0.25) is 0 Å². The van der Waals surface area contributed by atoms with Gasteiger partial charge in [0.1, 0.15) is 23.1 Å². The fourth-order valence-corrected chi connectivity index (χ4v) is 2.56. The van der Waals surface area contributed by atoms with E-state index in [2.05, 4.69) is 25.8 Å². The quantitative estimate of drug-likeness (QED) is 0.457. The van der Waals surface area contributed by atoms with E-state index in [1.165, 1.54) is 12.3 Å². The number of ether oxygens (including phenoxy) is 1. The number of aromatic nitrogens is 3. The summed E-state index contributed by atoms with van der Waals surface area (Å²) in [5.41, 5.74) is 0.291. The standard InChI is InChI=1S/C21H15F2N5O/c22-15-9-6-10-16(23)20(15)26-19-13-24-28-21(27-19)25-17-11-4-5-12-18(17)29-14-7-2-1-3-8-14/h1-13H,(H2,25,26,27,28). The molecule has 2 N–H and O–H groups in total. The molecule has 0 spiro atoms. The van der Waals surface area contributed by atoms with Gasteiger partial charge in [-0.3, -0.25) is 0 Å². The summed E-state index contributed by atoms with van der Waals surface area (Å²) in [7, 11) is 0. The van der Waals surface area contributed by atoms with E-state index < -0.39 is 11.6 Å². The second-order valence-electron chi connectivity index (χ2n) is 5.92. The van der Waals surface area contributed by atoms with Crippen molar-refractivity contribution in [3.05, 3.63) is 90.6 Å². The van der Waals surface area contributed by atoms with Gasteiger partial charge in [-0.15, -0.1) is 5.10 Å². The zero-order valence-corrected chi connectivity index (χ0v) is 15.0. The lowest BCUT2D eigenvalue weighted by molar-refractivity contribution is 0.485. The molecule has 6 nitrogen and oxygen atoms in total. The average molecular weight is 391 g/mol. The third kappa shape index (κ3) is 4.44. The van der Waals surface area contributed by atoms with E-state index >= 15 is 0 Å². The molecule has 0 unspecified atom stereocenters. The van der Waals surface area contributed by atoms with Crippen molar-refractivity contribution < 1.29 is 13.5 Å². The molecular weight excluding hydrogens is 376 g/mol. The molecule has 1 heterocycles. The largest absolute Gasteiger partial charge is 0.455 e. The van der Waals surface area contributed by atoms with Gasteiger partial charge in [0.15, 0.2) is 11.6 Å². The highest BCUT2D eigenvalue weighted by Crippen LogP contribution is 2.31. The number of hydrogen-bond acceptors (Lipinski definition) is 6. The average Bonchev–Trinajstić information content (AvgIpc) is 2.73. The number of benzene rings is 3. The summed E-state index contributed by atoms with van der Waals surface area (Å²) < 4.78 is 33.6. The molecule has 0 amide bonds. The number of para-hydroxylation sites is 4. The lowest BCUT2D eigenvalue weighted by Gasteiger charge is -2.12. The molecule has 0 saturated heterocycles. The van der Waals surface area contributed by atoms with Gasteiger partial charge in [0.25, 0.3) is 0 Å². The lowest BCUT2D eigenvalue weighted by atomic mass is 10.3. The molecule has 0 aliphatic heterocycles. The summed E-state index contributed by atoms with van der Waals surface area (Å²) in [6.07, 6.45) is 1.27. The molecule has 0 aliphatic rings. The summed E-state index contributed by atoms with van der Waals surface area (Å²) in [5, 5.41) is 13.3. The summed E-state index contributed by atoms with van der Waals surface area (Å²) in [5.74, 6) is 0.0234. The number of anilines is 4. The second kappa shape index (κ2) is 8.30. The van der Waals surface area contributed by atoms with Crippen LogP contribution in [-0.2, 0) is 0 Å². The number of hydrogen-bond donors (Lipinski definition) is 2. The highest BCUT2D eigenvalue weighted by molar-refractivity contribution is 5.64. The maximum absolute atomic E-state index is 13.8. The number of halogens is 2. The topological polar surface area (TPSA) is 72.0 Å². The SMILES string of the molecule is Fc1cccc(F)c1Nc1cnnc(Nc2ccccc2Oc2ccccc2)n1. The Labute approximate surface area is 165 Å². The Morgan fingerprint density at radius 3 is 2.28 bits per heavy atom. The molecule has 0 fully saturated rings. The van der Waals surface area contributed by atoms with Crippen LogP contribution in [0.15, 0.2) is 79.0 Å². The van der Waals surface area contributed by atoms with Gasteiger partial charge in [-0.05, 0) is 36.4 Å². The maximum atomic E-state index is 13.8. The van der Waals surface area contributed by atoms with Crippen LogP contribution in [0.25, 0.3) is 0 Å². The zero-order chi connectivity index (χ0) is 20.1. The highest BCUT2D eigenvalue weighted by Gasteiger charge is 2.11. The van der Waals surface area contributed by atoms with E-state index in [4.69, 9.17) is 4.74 Å². The van der Waals surface area contributed by atoms with Crippen molar-refractivity contribution in [1.82, 2.24) is 15.2 Å². The molecule has 144 valence electrons. The Morgan fingerprint density at radius 2 is 1.48 bits per heavy atom. The number of rotatable bonds is 6. The minimum absolute atomic E-state index is 0.132. The fourth-order valence-electron chi connectivity index (χ4n) is 2.56. The lowest BCUT2D eigenvalue weighted by Crippen LogP contribution is -2.05. The van der Waals surface area contributed by atoms with Crippen molar-refractivity contribution in [1.29, 1.82) is 0 Å². The summed E-state index contributed by atoms with van der Waals surface area (Å²) in [4.78, 5) is 4.21. The molecule has 0 bridgehead atoms. The minimum Gasteiger partial charge on any atom is -0.455 e. The van der Waals surface area contributed by atoms with Gasteiger partial charge in [-0.1, -0.05) is 36.4 Å². The van der Waals surface area contributed by atoms with Gasteiger partial charge in [0.2, 0.25) is 5.95 Å². The predicted octanol–water partition coefficient (Wildman–Crippen LogP) is 5.43. The van der Waals surface area contributed by atoms with Crippen LogP contribution in [0.1, 0.15) is 0 Å². The molecule has 0 saturated carbocycles. The zero-order valence-electron chi connectivity index (χ0n) is 15.0. The molecular formula is C21H15F2N5O. The summed E-state index contributed by atoms with van der Waals surface area (Å²) >= 11 is 0. The molecule has 4 rings (SSSR count). The van der Waals surface area contributed by atoms with Crippen LogP contribution in [0.4, 0.5) is 31.9 Å². The van der Waals surface area contributed by atoms with E-state index in [1.54, 1.807) is 12.1 Å². The maximum Gasteiger partial charge on any atom is 0.249 e. The van der Waals surface area contributed by atoms with Crippen LogP contribution in [0, 0.1) is 11.6 Å². The van der Waals surface area contributed by atoms with Gasteiger partial charge < -0.3 is 15.4 Å². The van der Waals surface area contributed by atoms with Gasteiger partial charge in [0.05, 0.1) is 11.9 Å². The van der Waals surface area contributed by atoms with E-state index in [0.717, 1.165) is 12.1 Å². The Bertz CT molecular complexity index is 1100. The van der Waals surface area contributed by atoms with Gasteiger partial charge >= 0.3 is 0 Å². The van der Waals surface area contributed by atoms with Crippen molar-refractivity contribution in [2.45, 2.75) is 0 Å². The van der Waals surface area contributed by atoms with Crippen LogP contribution >= 0.6 is 0 Å². The molecule has 0 radical (unpaired) electrons. The van der Waals surface area contributed by atoms with E-state index in [-0.39, 0.29) is 17.5 Å². The first kappa shape index (κ1) is 18.3. The van der Waals surface area contributed by atoms with Gasteiger partial charge in [-0.2, -0.15) is 10.1 Å². The normalized spacial score (nSPS) is 10.4. The first-order valence-corrected chi connectivity index (χ1v) is 8.69. The van der Waals surface area contributed by atoms with Crippen molar-refractivity contribution in [3.8, 4) is 11.5 Å². The van der Waals surface area contributed by atoms with Crippen LogP contribution < -0.4 is 15.4 Å². The number of nitrogens with one attached hydrogen (secondary N) is 2. The van der Waals surface area contributed by atoms with E-state index in [9.17, 15) is 8.78 Å². The Kier molecular flexibility index (Phi) is 5.24. The molecule has 8 heteroatoms. The Morgan fingerprint density at radius 1 is 0.759 bits per heavy atom. The minimum atomic E-state index is -0.736. The first-order valence-electron chi connectivity index (χ1n) is 8.69. The molecule has 3 aromatic carbocycles. The van der Waals surface area contributed by atoms with E-state index in [1.807, 2.05) is 42.5 Å². The third-order valence-corrected chi connectivity index (χ3v) is 3.88. The summed E-state index contributed by atoms with van der Waals surface area (Å²) in [6, 6.07) is 20.1. The second-order valence-corrected chi connectivity index (χ2v) is 5.92. The van der Waals surface area contributed by atoms with Crippen LogP contribution in [0.3, 0.4) is 0 Å². The molecule has 4 aromatic rings. The molecule has 29 heavy (non-hydrogen) atoms. The number of nitrogens with zero attached hydrogens (tertiary/aromatic N) is 3. The Hall–Kier alpha value is -4.07. The smallest absolute Gasteiger partial charge is 0.249 e. The van der Waals surface area contributed by atoms with Gasteiger partial charge in [0, 0.05) is 0 Å². The molecule has 1 aromatic heterocycles. The third-order valence-electron chi connectivity index (χ3n) is 3.88. The molecule has 0 atom stereocenters. The monoisotopic (exact) mass is 391 g/mol. The van der Waals surface area contributed by atoms with Crippen LogP contribution in [-0.4, -0.2) is 15.2 Å². The molecule has 0 aliphatic carbocycles. The Balaban J connectivity index is 1.56. The highest BCUT2D eigenvalue weighted by atomic mass is 19.1. The van der Waals surface area contributed by atoms with Crippen molar-refractivity contribution in [3.63, 3.8) is 0 Å². The van der Waals surface area contributed by atoms with E-state index in [0.29, 0.717) is 17.2 Å². The summed E-state index contributed by atoms with van der Waals surface area (Å²) in [6.45, 7) is 0. The van der Waals surface area contributed by atoms with Gasteiger partial charge in [-0.25, -0.2) is 8.78 Å². The van der Waals surface area contributed by atoms with Crippen molar-refractivity contribution in [2.24, 2.45) is 0 Å². The fraction of sp³-hybridized carbons (Fsp3) is 0. The van der Waals surface area contributed by atoms with Crippen LogP contribution in [0.5, 0.6) is 11.5 Å². The van der Waals surface area contributed by atoms with Crippen molar-refractivity contribution in [2.75, 3.05) is 10.6 Å². The predicted molar refractivity (Wildman–Crippen MR) is 106 cm³/mol.